The molecule has 0 saturated carbocycles. The van der Waals surface area contributed by atoms with Crippen LogP contribution in [-0.4, -0.2) is 34.6 Å². The molecule has 0 aliphatic carbocycles. The minimum Gasteiger partial charge on any atom is -0.454 e. The third-order valence-corrected chi connectivity index (χ3v) is 4.83. The normalized spacial score (nSPS) is 12.7. The number of aromatic nitrogens is 2. The largest absolute Gasteiger partial charge is 0.454 e. The van der Waals surface area contributed by atoms with E-state index in [0.717, 1.165) is 9.47 Å². The number of ether oxygens (including phenoxy) is 2. The second-order valence-electron chi connectivity index (χ2n) is 4.95. The number of Topliss-reactive ketones (excluding diaryl/α,β-unsaturated/α-hetero) is 1. The Bertz CT molecular complexity index is 688. The molecule has 6 nitrogen and oxygen atoms in total. The van der Waals surface area contributed by atoms with Crippen molar-refractivity contribution in [3.63, 3.8) is 0 Å². The molecule has 1 aliphatic heterocycles. The summed E-state index contributed by atoms with van der Waals surface area (Å²) < 4.78 is 11.3. The standard InChI is InChI=1S/C14H15N3O3S2/c1-8(2)15-13-16-17-14(22-13)21-6-10(18)9-3-4-11-12(5-9)20-7-19-11/h3-5,8H,6-7H2,1-2H3,(H,15,16). The number of hydrogen-bond acceptors (Lipinski definition) is 8. The summed E-state index contributed by atoms with van der Waals surface area (Å²) in [5, 5.41) is 12.1. The molecule has 0 amide bonds. The summed E-state index contributed by atoms with van der Waals surface area (Å²) >= 11 is 2.84. The topological polar surface area (TPSA) is 73.3 Å². The van der Waals surface area contributed by atoms with Crippen LogP contribution in [0.4, 0.5) is 5.13 Å². The fourth-order valence-electron chi connectivity index (χ4n) is 1.85. The number of ketones is 1. The zero-order chi connectivity index (χ0) is 15.5. The Morgan fingerprint density at radius 1 is 1.36 bits per heavy atom. The molecule has 1 aromatic carbocycles. The monoisotopic (exact) mass is 337 g/mol. The summed E-state index contributed by atoms with van der Waals surface area (Å²) in [4.78, 5) is 12.2. The van der Waals surface area contributed by atoms with Crippen LogP contribution in [0.25, 0.3) is 0 Å². The average molecular weight is 337 g/mol. The average Bonchev–Trinajstić information content (AvgIpc) is 3.12. The first-order valence-corrected chi connectivity index (χ1v) is 8.58. The Morgan fingerprint density at radius 3 is 3.00 bits per heavy atom. The Kier molecular flexibility index (Phi) is 4.49. The Morgan fingerprint density at radius 2 is 2.18 bits per heavy atom. The third-order valence-electron chi connectivity index (χ3n) is 2.84. The molecule has 0 atom stereocenters. The molecule has 0 fully saturated rings. The minimum absolute atomic E-state index is 0.0249. The predicted molar refractivity (Wildman–Crippen MR) is 86.3 cm³/mol. The van der Waals surface area contributed by atoms with Crippen molar-refractivity contribution < 1.29 is 14.3 Å². The maximum Gasteiger partial charge on any atom is 0.231 e. The van der Waals surface area contributed by atoms with E-state index in [1.54, 1.807) is 18.2 Å². The number of nitrogens with one attached hydrogen (secondary N) is 1. The number of benzene rings is 1. The molecule has 0 unspecified atom stereocenters. The molecule has 0 saturated heterocycles. The number of nitrogens with zero attached hydrogens (tertiary/aromatic N) is 2. The SMILES string of the molecule is CC(C)Nc1nnc(SCC(=O)c2ccc3c(c2)OCO3)s1. The van der Waals surface area contributed by atoms with Crippen LogP contribution in [0.5, 0.6) is 11.5 Å². The number of rotatable bonds is 6. The van der Waals surface area contributed by atoms with Crippen LogP contribution >= 0.6 is 23.1 Å². The van der Waals surface area contributed by atoms with Gasteiger partial charge in [0.1, 0.15) is 0 Å². The van der Waals surface area contributed by atoms with Gasteiger partial charge in [0, 0.05) is 11.6 Å². The summed E-state index contributed by atoms with van der Waals surface area (Å²) in [5.41, 5.74) is 0.613. The molecule has 3 rings (SSSR count). The molecule has 22 heavy (non-hydrogen) atoms. The van der Waals surface area contributed by atoms with Crippen LogP contribution < -0.4 is 14.8 Å². The Hall–Kier alpha value is -1.80. The quantitative estimate of drug-likeness (QED) is 0.641. The van der Waals surface area contributed by atoms with Gasteiger partial charge < -0.3 is 14.8 Å². The van der Waals surface area contributed by atoms with Crippen molar-refractivity contribution in [3.05, 3.63) is 23.8 Å². The van der Waals surface area contributed by atoms with Gasteiger partial charge in [-0.1, -0.05) is 23.1 Å². The zero-order valence-electron chi connectivity index (χ0n) is 12.2. The molecular formula is C14H15N3O3S2. The van der Waals surface area contributed by atoms with E-state index in [9.17, 15) is 4.79 Å². The fourth-order valence-corrected chi connectivity index (χ4v) is 3.65. The van der Waals surface area contributed by atoms with Gasteiger partial charge in [0.05, 0.1) is 5.75 Å². The highest BCUT2D eigenvalue weighted by atomic mass is 32.2. The summed E-state index contributed by atoms with van der Waals surface area (Å²) in [5.74, 6) is 1.64. The number of anilines is 1. The van der Waals surface area contributed by atoms with Crippen molar-refractivity contribution in [2.24, 2.45) is 0 Å². The van der Waals surface area contributed by atoms with Crippen molar-refractivity contribution in [2.75, 3.05) is 17.9 Å². The fraction of sp³-hybridized carbons (Fsp3) is 0.357. The molecule has 1 aromatic heterocycles. The van der Waals surface area contributed by atoms with Gasteiger partial charge in [-0.2, -0.15) is 0 Å². The highest BCUT2D eigenvalue weighted by Gasteiger charge is 2.17. The van der Waals surface area contributed by atoms with Gasteiger partial charge in [0.25, 0.3) is 0 Å². The summed E-state index contributed by atoms with van der Waals surface area (Å²) in [6.45, 7) is 4.28. The molecular weight excluding hydrogens is 322 g/mol. The number of hydrogen-bond donors (Lipinski definition) is 1. The van der Waals surface area contributed by atoms with Gasteiger partial charge in [0.2, 0.25) is 11.9 Å². The van der Waals surface area contributed by atoms with Gasteiger partial charge >= 0.3 is 0 Å². The Labute approximate surface area is 136 Å². The lowest BCUT2D eigenvalue weighted by molar-refractivity contribution is 0.102. The summed E-state index contributed by atoms with van der Waals surface area (Å²) in [7, 11) is 0. The first kappa shape index (κ1) is 15.1. The van der Waals surface area contributed by atoms with Gasteiger partial charge in [-0.3, -0.25) is 4.79 Å². The van der Waals surface area contributed by atoms with Gasteiger partial charge in [-0.25, -0.2) is 0 Å². The second kappa shape index (κ2) is 6.53. The zero-order valence-corrected chi connectivity index (χ0v) is 13.8. The summed E-state index contributed by atoms with van der Waals surface area (Å²) in [6.07, 6.45) is 0. The van der Waals surface area contributed by atoms with E-state index < -0.39 is 0 Å². The van der Waals surface area contributed by atoms with E-state index in [1.807, 2.05) is 13.8 Å². The number of carbonyl (C=O) groups excluding carboxylic acids is 1. The van der Waals surface area contributed by atoms with Crippen molar-refractivity contribution in [2.45, 2.75) is 24.2 Å². The highest BCUT2D eigenvalue weighted by Crippen LogP contribution is 2.33. The van der Waals surface area contributed by atoms with Crippen molar-refractivity contribution in [1.82, 2.24) is 10.2 Å². The lowest BCUT2D eigenvalue weighted by atomic mass is 10.1. The molecule has 116 valence electrons. The first-order chi connectivity index (χ1) is 10.6. The first-order valence-electron chi connectivity index (χ1n) is 6.77. The Balaban J connectivity index is 1.59. The van der Waals surface area contributed by atoms with Crippen molar-refractivity contribution in [3.8, 4) is 11.5 Å². The van der Waals surface area contributed by atoms with E-state index in [2.05, 4.69) is 15.5 Å². The number of fused-ring (bicyclic) bond motifs is 1. The van der Waals surface area contributed by atoms with Crippen LogP contribution in [0.2, 0.25) is 0 Å². The second-order valence-corrected chi connectivity index (χ2v) is 7.15. The molecule has 2 aromatic rings. The highest BCUT2D eigenvalue weighted by molar-refractivity contribution is 8.01. The number of thioether (sulfide) groups is 1. The number of carbonyl (C=O) groups is 1. The van der Waals surface area contributed by atoms with Crippen LogP contribution in [0, 0.1) is 0 Å². The van der Waals surface area contributed by atoms with E-state index in [0.29, 0.717) is 28.9 Å². The van der Waals surface area contributed by atoms with Crippen molar-refractivity contribution >= 4 is 34.0 Å². The van der Waals surface area contributed by atoms with Crippen molar-refractivity contribution in [1.29, 1.82) is 0 Å². The van der Waals surface area contributed by atoms with Crippen LogP contribution in [0.1, 0.15) is 24.2 Å². The van der Waals surface area contributed by atoms with Crippen LogP contribution in [-0.2, 0) is 0 Å². The van der Waals surface area contributed by atoms with Crippen LogP contribution in [0.15, 0.2) is 22.5 Å². The van der Waals surface area contributed by atoms with Gasteiger partial charge in [-0.15, -0.1) is 10.2 Å². The molecule has 1 N–H and O–H groups in total. The van der Waals surface area contributed by atoms with E-state index in [4.69, 9.17) is 9.47 Å². The molecule has 8 heteroatoms. The third kappa shape index (κ3) is 3.50. The molecule has 1 aliphatic rings. The molecule has 2 heterocycles. The lowest BCUT2D eigenvalue weighted by Gasteiger charge is -2.03. The van der Waals surface area contributed by atoms with Crippen LogP contribution in [0.3, 0.4) is 0 Å². The molecule has 0 radical (unpaired) electrons. The minimum atomic E-state index is 0.0249. The van der Waals surface area contributed by atoms with Gasteiger partial charge in [-0.05, 0) is 32.0 Å². The van der Waals surface area contributed by atoms with E-state index in [-0.39, 0.29) is 12.6 Å². The lowest BCUT2D eigenvalue weighted by Crippen LogP contribution is -2.08. The molecule has 0 spiro atoms. The molecule has 0 bridgehead atoms. The predicted octanol–water partition coefficient (Wildman–Crippen LogP) is 3.06. The summed E-state index contributed by atoms with van der Waals surface area (Å²) in [6, 6.07) is 5.54. The maximum absolute atomic E-state index is 12.2. The smallest absolute Gasteiger partial charge is 0.231 e. The maximum atomic E-state index is 12.2. The van der Waals surface area contributed by atoms with E-state index in [1.165, 1.54) is 23.1 Å². The van der Waals surface area contributed by atoms with Gasteiger partial charge in [0.15, 0.2) is 21.6 Å². The van der Waals surface area contributed by atoms with E-state index >= 15 is 0 Å².